The van der Waals surface area contributed by atoms with Gasteiger partial charge in [0.1, 0.15) is 46.5 Å². The van der Waals surface area contributed by atoms with Crippen LogP contribution in [0, 0.1) is 24.5 Å². The maximum Gasteiger partial charge on any atom is 0.269 e. The molecule has 0 radical (unpaired) electrons. The first kappa shape index (κ1) is 22.0. The number of carbonyl (C=O) groups is 2. The highest BCUT2D eigenvalue weighted by Crippen LogP contribution is 2.60. The number of amides is 1. The van der Waals surface area contributed by atoms with Gasteiger partial charge >= 0.3 is 0 Å². The van der Waals surface area contributed by atoms with Crippen LogP contribution < -0.4 is 14.8 Å². The van der Waals surface area contributed by atoms with Gasteiger partial charge in [0, 0.05) is 55.6 Å². The number of carbonyl (C=O) groups excluding carboxylic acids is 2. The Morgan fingerprint density at radius 2 is 1.88 bits per heavy atom. The van der Waals surface area contributed by atoms with Crippen LogP contribution in [0.25, 0.3) is 0 Å². The number of hydrogen-bond donors (Lipinski definition) is 1. The Hall–Kier alpha value is -3.81. The molecule has 1 aliphatic heterocycles. The molecule has 1 aliphatic carbocycles. The summed E-state index contributed by atoms with van der Waals surface area (Å²) in [7, 11) is 1.53. The second kappa shape index (κ2) is 8.52. The minimum absolute atomic E-state index is 0.0145. The van der Waals surface area contributed by atoms with Gasteiger partial charge in [-0.2, -0.15) is 0 Å². The Morgan fingerprint density at radius 3 is 2.68 bits per heavy atom. The molecule has 1 fully saturated rings. The van der Waals surface area contributed by atoms with Crippen LogP contribution in [-0.2, 0) is 11.2 Å². The smallest absolute Gasteiger partial charge is 0.269 e. The van der Waals surface area contributed by atoms with E-state index in [2.05, 4.69) is 10.3 Å². The number of fused-ring (bicyclic) bond motifs is 3. The van der Waals surface area contributed by atoms with E-state index in [4.69, 9.17) is 9.47 Å². The lowest BCUT2D eigenvalue weighted by Gasteiger charge is -2.11. The minimum Gasteiger partial charge on any atom is -0.489 e. The predicted octanol–water partition coefficient (Wildman–Crippen LogP) is 4.50. The number of ether oxygens (including phenoxy) is 2. The van der Waals surface area contributed by atoms with Crippen molar-refractivity contribution in [3.05, 3.63) is 82.7 Å². The zero-order valence-electron chi connectivity index (χ0n) is 18.6. The van der Waals surface area contributed by atoms with Crippen molar-refractivity contribution >= 4 is 11.7 Å². The fourth-order valence-electron chi connectivity index (χ4n) is 4.52. The molecule has 1 N–H and O–H groups in total. The number of aryl methyl sites for hydroxylation is 1. The fraction of sp³-hybridized carbons (Fsp3) is 0.269. The van der Waals surface area contributed by atoms with Crippen LogP contribution >= 0.6 is 0 Å². The van der Waals surface area contributed by atoms with Gasteiger partial charge in [-0.3, -0.25) is 14.6 Å². The molecule has 2 heterocycles. The number of benzene rings is 2. The number of pyridine rings is 1. The molecule has 174 valence electrons. The van der Waals surface area contributed by atoms with E-state index in [-0.39, 0.29) is 53.7 Å². The molecule has 3 aromatic rings. The first-order valence-corrected chi connectivity index (χ1v) is 11.0. The molecule has 2 aliphatic rings. The van der Waals surface area contributed by atoms with Crippen molar-refractivity contribution in [1.29, 1.82) is 0 Å². The largest absolute Gasteiger partial charge is 0.489 e. The van der Waals surface area contributed by atoms with Crippen molar-refractivity contribution in [2.45, 2.75) is 31.8 Å². The zero-order valence-corrected chi connectivity index (χ0v) is 18.6. The van der Waals surface area contributed by atoms with E-state index in [1.807, 2.05) is 12.1 Å². The average molecular weight is 464 g/mol. The third kappa shape index (κ3) is 4.11. The number of nitrogens with zero attached hydrogens (tertiary/aromatic N) is 1. The number of aromatic nitrogens is 1. The van der Waals surface area contributed by atoms with Crippen LogP contribution in [0.15, 0.2) is 48.7 Å². The second-order valence-electron chi connectivity index (χ2n) is 8.64. The fourth-order valence-corrected chi connectivity index (χ4v) is 4.52. The van der Waals surface area contributed by atoms with Gasteiger partial charge in [0.15, 0.2) is 0 Å². The molecule has 0 spiro atoms. The molecule has 0 unspecified atom stereocenters. The van der Waals surface area contributed by atoms with Crippen LogP contribution in [-0.4, -0.2) is 29.8 Å². The number of halogens is 2. The molecular formula is C26H22F2N2O4. The van der Waals surface area contributed by atoms with Gasteiger partial charge in [-0.05, 0) is 48.4 Å². The van der Waals surface area contributed by atoms with E-state index in [1.54, 1.807) is 25.1 Å². The Bertz CT molecular complexity index is 1310. The summed E-state index contributed by atoms with van der Waals surface area (Å²) >= 11 is 0. The second-order valence-corrected chi connectivity index (χ2v) is 8.64. The third-order valence-electron chi connectivity index (χ3n) is 6.31. The van der Waals surface area contributed by atoms with E-state index in [0.29, 0.717) is 17.1 Å². The van der Waals surface area contributed by atoms with Gasteiger partial charge < -0.3 is 14.8 Å². The first-order chi connectivity index (χ1) is 16.3. The Balaban J connectivity index is 1.25. The van der Waals surface area contributed by atoms with Crippen molar-refractivity contribution in [2.24, 2.45) is 5.92 Å². The Kier molecular flexibility index (Phi) is 5.51. The average Bonchev–Trinajstić information content (AvgIpc) is 3.33. The van der Waals surface area contributed by atoms with E-state index in [9.17, 15) is 18.4 Å². The summed E-state index contributed by atoms with van der Waals surface area (Å²) in [5, 5.41) is 2.52. The molecule has 0 saturated heterocycles. The summed E-state index contributed by atoms with van der Waals surface area (Å²) in [4.78, 5) is 28.4. The number of hydrogen-bond acceptors (Lipinski definition) is 5. The first-order valence-electron chi connectivity index (χ1n) is 11.0. The predicted molar refractivity (Wildman–Crippen MR) is 119 cm³/mol. The van der Waals surface area contributed by atoms with E-state index in [0.717, 1.165) is 17.4 Å². The molecule has 5 rings (SSSR count). The molecule has 1 amide bonds. The van der Waals surface area contributed by atoms with Gasteiger partial charge in [0.25, 0.3) is 5.91 Å². The normalized spacial score (nSPS) is 19.6. The van der Waals surface area contributed by atoms with Gasteiger partial charge in [-0.25, -0.2) is 8.78 Å². The quantitative estimate of drug-likeness (QED) is 0.557. The monoisotopic (exact) mass is 464 g/mol. The lowest BCUT2D eigenvalue weighted by atomic mass is 10.00. The topological polar surface area (TPSA) is 77.5 Å². The summed E-state index contributed by atoms with van der Waals surface area (Å²) in [6.07, 6.45) is 1.60. The summed E-state index contributed by atoms with van der Waals surface area (Å²) in [5.41, 5.74) is 1.73. The van der Waals surface area contributed by atoms with Crippen LogP contribution in [0.2, 0.25) is 0 Å². The molecule has 2 aromatic carbocycles. The van der Waals surface area contributed by atoms with Gasteiger partial charge in [-0.15, -0.1) is 0 Å². The van der Waals surface area contributed by atoms with Crippen molar-refractivity contribution in [1.82, 2.24) is 10.3 Å². The van der Waals surface area contributed by atoms with E-state index in [1.165, 1.54) is 19.3 Å². The maximum absolute atomic E-state index is 14.0. The highest BCUT2D eigenvalue weighted by molar-refractivity contribution is 5.92. The van der Waals surface area contributed by atoms with Crippen LogP contribution in [0.5, 0.6) is 17.2 Å². The summed E-state index contributed by atoms with van der Waals surface area (Å²) < 4.78 is 39.4. The Morgan fingerprint density at radius 1 is 1.09 bits per heavy atom. The molecule has 1 saturated carbocycles. The van der Waals surface area contributed by atoms with Crippen molar-refractivity contribution in [2.75, 3.05) is 7.05 Å². The van der Waals surface area contributed by atoms with Gasteiger partial charge in [0.2, 0.25) is 0 Å². The summed E-state index contributed by atoms with van der Waals surface area (Å²) in [6.45, 7) is 1.55. The summed E-state index contributed by atoms with van der Waals surface area (Å²) in [5.74, 6) is 0.156. The summed E-state index contributed by atoms with van der Waals surface area (Å²) in [6, 6.07) is 10.9. The standard InChI is InChI=1S/C26H22F2N2O4/c1-13-7-14(21(28)12-20(13)27)8-15(31)9-19-24-18-10-16(3-4-23(18)34-25(19)24)33-17-5-6-30-22(11-17)26(32)29-2/h3-7,10-12,19,24-25H,8-9H2,1-2H3,(H,29,32)/t19-,24-,25+/m0/s1. The van der Waals surface area contributed by atoms with Gasteiger partial charge in [0.05, 0.1) is 0 Å². The number of rotatable bonds is 7. The number of ketones is 1. The highest BCUT2D eigenvalue weighted by atomic mass is 19.1. The SMILES string of the molecule is CNC(=O)c1cc(Oc2ccc3c(c2)[C@H]2[C@H](CC(=O)Cc4cc(C)c(F)cc4F)[C@H]2O3)ccn1. The molecule has 3 atom stereocenters. The molecular weight excluding hydrogens is 442 g/mol. The van der Waals surface area contributed by atoms with Crippen LogP contribution in [0.3, 0.4) is 0 Å². The van der Waals surface area contributed by atoms with E-state index < -0.39 is 11.6 Å². The van der Waals surface area contributed by atoms with Crippen LogP contribution in [0.4, 0.5) is 8.78 Å². The van der Waals surface area contributed by atoms with E-state index >= 15 is 0 Å². The minimum atomic E-state index is -0.702. The lowest BCUT2D eigenvalue weighted by molar-refractivity contribution is -0.119. The highest BCUT2D eigenvalue weighted by Gasteiger charge is 2.59. The zero-order chi connectivity index (χ0) is 24.0. The molecule has 6 nitrogen and oxygen atoms in total. The Labute approximate surface area is 194 Å². The lowest BCUT2D eigenvalue weighted by Crippen LogP contribution is -2.18. The number of nitrogens with one attached hydrogen (secondary N) is 1. The van der Waals surface area contributed by atoms with Crippen molar-refractivity contribution < 1.29 is 27.8 Å². The van der Waals surface area contributed by atoms with Crippen molar-refractivity contribution in [3.63, 3.8) is 0 Å². The molecule has 1 aromatic heterocycles. The molecule has 34 heavy (non-hydrogen) atoms. The number of Topliss-reactive ketones (excluding diaryl/α,β-unsaturated/α-hetero) is 1. The van der Waals surface area contributed by atoms with Crippen molar-refractivity contribution in [3.8, 4) is 17.2 Å². The maximum atomic E-state index is 14.0. The molecule has 0 bridgehead atoms. The third-order valence-corrected chi connectivity index (χ3v) is 6.31. The van der Waals surface area contributed by atoms with Gasteiger partial charge in [-0.1, -0.05) is 0 Å². The van der Waals surface area contributed by atoms with Crippen LogP contribution in [0.1, 0.15) is 39.5 Å². The molecule has 8 heteroatoms.